The standard InChI is InChI=1S/C15H25N3O/c1-17(2)14-5-4-6-18(11-14)10-12-7-13(16)9-15(8-12)19-3/h7-9,14H,4-6,10-11,16H2,1-3H3. The number of rotatable bonds is 4. The smallest absolute Gasteiger partial charge is 0.121 e. The van der Waals surface area contributed by atoms with E-state index in [2.05, 4.69) is 30.0 Å². The number of likely N-dealkylation sites (N-methyl/N-ethyl adjacent to an activating group) is 1. The van der Waals surface area contributed by atoms with Crippen molar-refractivity contribution >= 4 is 5.69 Å². The Bertz CT molecular complexity index is 420. The van der Waals surface area contributed by atoms with Crippen LogP contribution in [0.4, 0.5) is 5.69 Å². The zero-order valence-electron chi connectivity index (χ0n) is 12.2. The van der Waals surface area contributed by atoms with Gasteiger partial charge < -0.3 is 15.4 Å². The summed E-state index contributed by atoms with van der Waals surface area (Å²) < 4.78 is 5.28. The van der Waals surface area contributed by atoms with Crippen LogP contribution in [0.3, 0.4) is 0 Å². The Morgan fingerprint density at radius 1 is 1.37 bits per heavy atom. The highest BCUT2D eigenvalue weighted by atomic mass is 16.5. The molecule has 1 aliphatic rings. The summed E-state index contributed by atoms with van der Waals surface area (Å²) in [4.78, 5) is 4.83. The lowest BCUT2D eigenvalue weighted by Crippen LogP contribution is -2.44. The van der Waals surface area contributed by atoms with Crippen LogP contribution in [-0.4, -0.2) is 50.1 Å². The van der Waals surface area contributed by atoms with E-state index in [0.29, 0.717) is 6.04 Å². The van der Waals surface area contributed by atoms with Crippen LogP contribution in [-0.2, 0) is 6.54 Å². The molecule has 1 heterocycles. The first-order valence-corrected chi connectivity index (χ1v) is 6.90. The average Bonchev–Trinajstić information content (AvgIpc) is 2.38. The van der Waals surface area contributed by atoms with E-state index in [9.17, 15) is 0 Å². The molecule has 1 aliphatic heterocycles. The van der Waals surface area contributed by atoms with Gasteiger partial charge in [0.05, 0.1) is 7.11 Å². The van der Waals surface area contributed by atoms with Crippen molar-refractivity contribution in [3.8, 4) is 5.75 Å². The van der Waals surface area contributed by atoms with E-state index in [1.165, 1.54) is 24.9 Å². The molecular formula is C15H25N3O. The number of anilines is 1. The summed E-state index contributed by atoms with van der Waals surface area (Å²) in [6.07, 6.45) is 2.56. The number of piperidine rings is 1. The summed E-state index contributed by atoms with van der Waals surface area (Å²) in [5.74, 6) is 0.844. The maximum atomic E-state index is 5.91. The van der Waals surface area contributed by atoms with Crippen molar-refractivity contribution in [2.45, 2.75) is 25.4 Å². The third-order valence-corrected chi connectivity index (χ3v) is 3.84. The number of nitrogen functional groups attached to an aromatic ring is 1. The van der Waals surface area contributed by atoms with Gasteiger partial charge in [-0.1, -0.05) is 0 Å². The molecule has 0 radical (unpaired) electrons. The second-order valence-electron chi connectivity index (χ2n) is 5.61. The van der Waals surface area contributed by atoms with Crippen LogP contribution in [0.15, 0.2) is 18.2 Å². The number of nitrogens with zero attached hydrogens (tertiary/aromatic N) is 2. The molecule has 1 unspecified atom stereocenters. The largest absolute Gasteiger partial charge is 0.497 e. The van der Waals surface area contributed by atoms with Crippen molar-refractivity contribution in [1.82, 2.24) is 9.80 Å². The molecule has 4 heteroatoms. The molecular weight excluding hydrogens is 238 g/mol. The van der Waals surface area contributed by atoms with E-state index >= 15 is 0 Å². The van der Waals surface area contributed by atoms with Gasteiger partial charge in [0.2, 0.25) is 0 Å². The maximum absolute atomic E-state index is 5.91. The maximum Gasteiger partial charge on any atom is 0.121 e. The monoisotopic (exact) mass is 263 g/mol. The summed E-state index contributed by atoms with van der Waals surface area (Å²) >= 11 is 0. The first kappa shape index (κ1) is 14.2. The molecule has 1 atom stereocenters. The lowest BCUT2D eigenvalue weighted by atomic mass is 10.0. The van der Waals surface area contributed by atoms with Gasteiger partial charge in [-0.05, 0) is 51.2 Å². The van der Waals surface area contributed by atoms with Gasteiger partial charge in [-0.25, -0.2) is 0 Å². The molecule has 2 N–H and O–H groups in total. The summed E-state index contributed by atoms with van der Waals surface area (Å²) in [7, 11) is 6.01. The van der Waals surface area contributed by atoms with Crippen molar-refractivity contribution in [2.24, 2.45) is 0 Å². The van der Waals surface area contributed by atoms with Gasteiger partial charge in [0, 0.05) is 30.9 Å². The summed E-state index contributed by atoms with van der Waals surface area (Å²) in [5, 5.41) is 0. The Kier molecular flexibility index (Phi) is 4.66. The first-order chi connectivity index (χ1) is 9.08. The molecule has 0 spiro atoms. The number of ether oxygens (including phenoxy) is 1. The molecule has 19 heavy (non-hydrogen) atoms. The van der Waals surface area contributed by atoms with E-state index in [4.69, 9.17) is 10.5 Å². The topological polar surface area (TPSA) is 41.7 Å². The molecule has 0 bridgehead atoms. The quantitative estimate of drug-likeness (QED) is 0.841. The first-order valence-electron chi connectivity index (χ1n) is 6.90. The predicted octanol–water partition coefficient (Wildman–Crippen LogP) is 1.80. The zero-order valence-corrected chi connectivity index (χ0v) is 12.2. The molecule has 1 aromatic carbocycles. The molecule has 1 fully saturated rings. The fourth-order valence-corrected chi connectivity index (χ4v) is 2.75. The normalized spacial score (nSPS) is 20.7. The van der Waals surface area contributed by atoms with Gasteiger partial charge in [-0.2, -0.15) is 0 Å². The van der Waals surface area contributed by atoms with Crippen molar-refractivity contribution in [3.63, 3.8) is 0 Å². The third kappa shape index (κ3) is 3.85. The second kappa shape index (κ2) is 6.26. The highest BCUT2D eigenvalue weighted by Gasteiger charge is 2.21. The number of nitrogens with two attached hydrogens (primary N) is 1. The Balaban J connectivity index is 2.02. The van der Waals surface area contributed by atoms with Gasteiger partial charge in [-0.3, -0.25) is 4.90 Å². The highest BCUT2D eigenvalue weighted by Crippen LogP contribution is 2.22. The lowest BCUT2D eigenvalue weighted by Gasteiger charge is -2.36. The summed E-state index contributed by atoms with van der Waals surface area (Å²) in [5.41, 5.74) is 7.92. The second-order valence-corrected chi connectivity index (χ2v) is 5.61. The van der Waals surface area contributed by atoms with E-state index in [-0.39, 0.29) is 0 Å². The summed E-state index contributed by atoms with van der Waals surface area (Å²) in [6, 6.07) is 6.65. The molecule has 4 nitrogen and oxygen atoms in total. The molecule has 0 saturated carbocycles. The van der Waals surface area contributed by atoms with Crippen LogP contribution < -0.4 is 10.5 Å². The molecule has 1 aromatic rings. The number of methoxy groups -OCH3 is 1. The Labute approximate surface area is 116 Å². The Morgan fingerprint density at radius 2 is 2.16 bits per heavy atom. The van der Waals surface area contributed by atoms with Crippen molar-refractivity contribution in [3.05, 3.63) is 23.8 Å². The average molecular weight is 263 g/mol. The number of benzene rings is 1. The molecule has 2 rings (SSSR count). The van der Waals surface area contributed by atoms with Crippen LogP contribution in [0.1, 0.15) is 18.4 Å². The van der Waals surface area contributed by atoms with Crippen LogP contribution >= 0.6 is 0 Å². The van der Waals surface area contributed by atoms with Gasteiger partial charge in [0.25, 0.3) is 0 Å². The van der Waals surface area contributed by atoms with Crippen molar-refractivity contribution < 1.29 is 4.74 Å². The van der Waals surface area contributed by atoms with Crippen LogP contribution in [0, 0.1) is 0 Å². The predicted molar refractivity (Wildman–Crippen MR) is 79.4 cm³/mol. The fraction of sp³-hybridized carbons (Fsp3) is 0.600. The number of hydrogen-bond donors (Lipinski definition) is 1. The summed E-state index contributed by atoms with van der Waals surface area (Å²) in [6.45, 7) is 3.25. The fourth-order valence-electron chi connectivity index (χ4n) is 2.75. The van der Waals surface area contributed by atoms with Crippen LogP contribution in [0.2, 0.25) is 0 Å². The number of hydrogen-bond acceptors (Lipinski definition) is 4. The van der Waals surface area contributed by atoms with Gasteiger partial charge >= 0.3 is 0 Å². The minimum Gasteiger partial charge on any atom is -0.497 e. The van der Waals surface area contributed by atoms with Crippen LogP contribution in [0.25, 0.3) is 0 Å². The minimum absolute atomic E-state index is 0.664. The molecule has 1 saturated heterocycles. The van der Waals surface area contributed by atoms with Gasteiger partial charge in [0.15, 0.2) is 0 Å². The highest BCUT2D eigenvalue weighted by molar-refractivity contribution is 5.47. The molecule has 106 valence electrons. The lowest BCUT2D eigenvalue weighted by molar-refractivity contribution is 0.128. The van der Waals surface area contributed by atoms with E-state index in [1.54, 1.807) is 7.11 Å². The number of likely N-dealkylation sites (tertiary alicyclic amines) is 1. The van der Waals surface area contributed by atoms with E-state index in [0.717, 1.165) is 24.5 Å². The van der Waals surface area contributed by atoms with E-state index in [1.807, 2.05) is 12.1 Å². The third-order valence-electron chi connectivity index (χ3n) is 3.84. The van der Waals surface area contributed by atoms with Gasteiger partial charge in [-0.15, -0.1) is 0 Å². The molecule has 0 aliphatic carbocycles. The Hall–Kier alpha value is -1.26. The SMILES string of the molecule is COc1cc(N)cc(CN2CCCC(N(C)C)C2)c1. The minimum atomic E-state index is 0.664. The zero-order chi connectivity index (χ0) is 13.8. The van der Waals surface area contributed by atoms with Gasteiger partial charge in [0.1, 0.15) is 5.75 Å². The molecule has 0 aromatic heterocycles. The molecule has 0 amide bonds. The van der Waals surface area contributed by atoms with Crippen molar-refractivity contribution in [1.29, 1.82) is 0 Å². The van der Waals surface area contributed by atoms with Crippen molar-refractivity contribution in [2.75, 3.05) is 40.0 Å². The van der Waals surface area contributed by atoms with E-state index < -0.39 is 0 Å². The Morgan fingerprint density at radius 3 is 2.84 bits per heavy atom. The van der Waals surface area contributed by atoms with Crippen LogP contribution in [0.5, 0.6) is 5.75 Å².